The number of benzene rings is 1. The molecule has 0 unspecified atom stereocenters. The Labute approximate surface area is 169 Å². The van der Waals surface area contributed by atoms with Crippen LogP contribution in [0, 0.1) is 0 Å². The van der Waals surface area contributed by atoms with Gasteiger partial charge in [0.25, 0.3) is 5.91 Å². The van der Waals surface area contributed by atoms with Gasteiger partial charge in [-0.3, -0.25) is 4.79 Å². The molecule has 0 saturated heterocycles. The van der Waals surface area contributed by atoms with E-state index in [0.29, 0.717) is 12.1 Å². The number of imidazole rings is 1. The molecule has 1 N–H and O–H groups in total. The number of para-hydroxylation sites is 1. The number of thiazole rings is 1. The second-order valence-electron chi connectivity index (χ2n) is 7.03. The minimum absolute atomic E-state index is 0.0518. The topological polar surface area (TPSA) is 79.2 Å². The molecule has 4 aromatic heterocycles. The van der Waals surface area contributed by atoms with Gasteiger partial charge in [-0.1, -0.05) is 18.2 Å². The number of H-pyrrole nitrogens is 1. The number of aromatic amines is 1. The molecule has 0 radical (unpaired) electrons. The number of pyridine rings is 1. The lowest BCUT2D eigenvalue weighted by atomic mass is 10.0. The summed E-state index contributed by atoms with van der Waals surface area (Å²) in [5.41, 5.74) is 4.28. The van der Waals surface area contributed by atoms with Crippen molar-refractivity contribution in [3.05, 3.63) is 83.1 Å². The van der Waals surface area contributed by atoms with Crippen molar-refractivity contribution in [1.82, 2.24) is 29.5 Å². The molecule has 8 heteroatoms. The molecule has 7 nitrogen and oxygen atoms in total. The number of hydrogen-bond donors (Lipinski definition) is 1. The molecule has 0 spiro atoms. The van der Waals surface area contributed by atoms with Gasteiger partial charge in [-0.05, 0) is 24.3 Å². The van der Waals surface area contributed by atoms with E-state index in [1.165, 1.54) is 0 Å². The summed E-state index contributed by atoms with van der Waals surface area (Å²) in [6.45, 7) is 0.596. The molecule has 0 bridgehead atoms. The summed E-state index contributed by atoms with van der Waals surface area (Å²) in [5.74, 6) is -0.0518. The lowest BCUT2D eigenvalue weighted by Crippen LogP contribution is -2.40. The van der Waals surface area contributed by atoms with Gasteiger partial charge in [-0.2, -0.15) is 5.10 Å². The van der Waals surface area contributed by atoms with Gasteiger partial charge in [0.15, 0.2) is 0 Å². The number of carbonyl (C=O) groups is 1. The summed E-state index contributed by atoms with van der Waals surface area (Å²) < 4.78 is 2.83. The molecular formula is C21H16N6OS. The van der Waals surface area contributed by atoms with E-state index in [0.717, 1.165) is 38.5 Å². The third-order valence-electron chi connectivity index (χ3n) is 5.39. The smallest absolute Gasteiger partial charge is 0.258 e. The van der Waals surface area contributed by atoms with Gasteiger partial charge in [0.2, 0.25) is 0 Å². The van der Waals surface area contributed by atoms with E-state index in [1.807, 2.05) is 47.5 Å². The number of nitrogens with one attached hydrogen (secondary N) is 1. The summed E-state index contributed by atoms with van der Waals surface area (Å²) in [7, 11) is 0. The maximum Gasteiger partial charge on any atom is 0.258 e. The van der Waals surface area contributed by atoms with Crippen LogP contribution >= 0.6 is 11.3 Å². The van der Waals surface area contributed by atoms with Crippen LogP contribution in [0.5, 0.6) is 0 Å². The molecule has 6 rings (SSSR count). The average Bonchev–Trinajstić information content (AvgIpc) is 3.49. The molecule has 29 heavy (non-hydrogen) atoms. The van der Waals surface area contributed by atoms with Gasteiger partial charge in [0.05, 0.1) is 39.5 Å². The van der Waals surface area contributed by atoms with E-state index >= 15 is 0 Å². The lowest BCUT2D eigenvalue weighted by molar-refractivity contribution is 0.0692. The lowest BCUT2D eigenvalue weighted by Gasteiger charge is -2.33. The molecule has 1 aliphatic rings. The molecule has 1 amide bonds. The Morgan fingerprint density at radius 1 is 1.17 bits per heavy atom. The van der Waals surface area contributed by atoms with Crippen LogP contribution < -0.4 is 0 Å². The van der Waals surface area contributed by atoms with E-state index in [1.54, 1.807) is 28.4 Å². The number of amides is 1. The van der Waals surface area contributed by atoms with Gasteiger partial charge in [0, 0.05) is 24.9 Å². The third kappa shape index (κ3) is 2.49. The average molecular weight is 400 g/mol. The van der Waals surface area contributed by atoms with Crippen LogP contribution in [0.25, 0.3) is 15.7 Å². The predicted octanol–water partition coefficient (Wildman–Crippen LogP) is 3.46. The zero-order chi connectivity index (χ0) is 19.4. The van der Waals surface area contributed by atoms with Crippen LogP contribution in [0.2, 0.25) is 0 Å². The van der Waals surface area contributed by atoms with Crippen molar-refractivity contribution in [3.63, 3.8) is 0 Å². The summed E-state index contributed by atoms with van der Waals surface area (Å²) in [5, 5.41) is 5.21. The van der Waals surface area contributed by atoms with E-state index in [-0.39, 0.29) is 11.9 Å². The second-order valence-corrected chi connectivity index (χ2v) is 8.09. The highest BCUT2D eigenvalue weighted by molar-refractivity contribution is 7.18. The summed E-state index contributed by atoms with van der Waals surface area (Å²) >= 11 is 1.61. The van der Waals surface area contributed by atoms with Crippen LogP contribution in [0.15, 0.2) is 61.2 Å². The number of rotatable bonds is 2. The van der Waals surface area contributed by atoms with Gasteiger partial charge in [0.1, 0.15) is 11.0 Å². The Kier molecular flexibility index (Phi) is 3.54. The highest BCUT2D eigenvalue weighted by Crippen LogP contribution is 2.38. The van der Waals surface area contributed by atoms with Crippen molar-refractivity contribution in [3.8, 4) is 0 Å². The van der Waals surface area contributed by atoms with Crippen LogP contribution in [-0.4, -0.2) is 41.9 Å². The Hall–Kier alpha value is -3.52. The zero-order valence-electron chi connectivity index (χ0n) is 15.3. The Morgan fingerprint density at radius 2 is 2.07 bits per heavy atom. The van der Waals surface area contributed by atoms with E-state index in [4.69, 9.17) is 4.98 Å². The fraction of sp³-hybridized carbons (Fsp3) is 0.143. The molecule has 1 aromatic carbocycles. The van der Waals surface area contributed by atoms with Crippen molar-refractivity contribution in [2.45, 2.75) is 12.5 Å². The first-order valence-electron chi connectivity index (χ1n) is 9.40. The molecule has 0 aliphatic carbocycles. The molecule has 142 valence electrons. The van der Waals surface area contributed by atoms with Crippen LogP contribution in [-0.2, 0) is 6.42 Å². The van der Waals surface area contributed by atoms with Crippen molar-refractivity contribution in [2.24, 2.45) is 0 Å². The summed E-state index contributed by atoms with van der Waals surface area (Å²) in [6, 6.07) is 13.5. The Morgan fingerprint density at radius 3 is 3.00 bits per heavy atom. The van der Waals surface area contributed by atoms with E-state index in [9.17, 15) is 4.79 Å². The van der Waals surface area contributed by atoms with Crippen molar-refractivity contribution in [1.29, 1.82) is 0 Å². The van der Waals surface area contributed by atoms with Gasteiger partial charge in [-0.25, -0.2) is 14.5 Å². The Balaban J connectivity index is 1.49. The number of nitrogens with zero attached hydrogens (tertiary/aromatic N) is 5. The second kappa shape index (κ2) is 6.25. The molecular weight excluding hydrogens is 384 g/mol. The van der Waals surface area contributed by atoms with Gasteiger partial charge < -0.3 is 9.88 Å². The fourth-order valence-corrected chi connectivity index (χ4v) is 5.09. The minimum atomic E-state index is -0.312. The number of fused-ring (bicyclic) bond motifs is 3. The van der Waals surface area contributed by atoms with Crippen molar-refractivity contribution >= 4 is 33.0 Å². The maximum atomic E-state index is 13.6. The maximum absolute atomic E-state index is 13.6. The number of aromatic nitrogens is 5. The molecule has 0 fully saturated rings. The first kappa shape index (κ1) is 16.4. The van der Waals surface area contributed by atoms with Crippen LogP contribution in [0.3, 0.4) is 0 Å². The molecule has 1 atom stereocenters. The highest BCUT2D eigenvalue weighted by atomic mass is 32.1. The standard InChI is InChI=1S/C21H16N6OS/c28-21(13-11-24-27-9-4-3-6-16(13)27)26-10-8-15-18(23-12-22-15)19(26)20-25-14-5-1-2-7-17(14)29-20/h1-7,9,11-12,19H,8,10H2,(H,22,23)/t19-/m0/s1. The fourth-order valence-electron chi connectivity index (χ4n) is 4.01. The summed E-state index contributed by atoms with van der Waals surface area (Å²) in [4.78, 5) is 28.1. The predicted molar refractivity (Wildman–Crippen MR) is 110 cm³/mol. The van der Waals surface area contributed by atoms with Gasteiger partial charge >= 0.3 is 0 Å². The summed E-state index contributed by atoms with van der Waals surface area (Å²) in [6.07, 6.45) is 5.93. The van der Waals surface area contributed by atoms with Crippen molar-refractivity contribution < 1.29 is 4.79 Å². The minimum Gasteiger partial charge on any atom is -0.348 e. The normalized spacial score (nSPS) is 16.4. The molecule has 1 aliphatic heterocycles. The van der Waals surface area contributed by atoms with E-state index < -0.39 is 0 Å². The highest BCUT2D eigenvalue weighted by Gasteiger charge is 2.37. The third-order valence-corrected chi connectivity index (χ3v) is 6.48. The quantitative estimate of drug-likeness (QED) is 0.492. The first-order chi connectivity index (χ1) is 14.3. The number of carbonyl (C=O) groups excluding carboxylic acids is 1. The Bertz CT molecular complexity index is 1330. The SMILES string of the molecule is O=C(c1cnn2ccccc12)N1CCc2[nH]cnc2[C@H]1c1nc2ccccc2s1. The first-order valence-corrected chi connectivity index (χ1v) is 10.2. The van der Waals surface area contributed by atoms with E-state index in [2.05, 4.69) is 21.1 Å². The molecule has 5 heterocycles. The van der Waals surface area contributed by atoms with Crippen molar-refractivity contribution in [2.75, 3.05) is 6.54 Å². The molecule has 5 aromatic rings. The number of hydrogen-bond acceptors (Lipinski definition) is 5. The zero-order valence-corrected chi connectivity index (χ0v) is 16.1. The van der Waals surface area contributed by atoms with Crippen LogP contribution in [0.4, 0.5) is 0 Å². The largest absolute Gasteiger partial charge is 0.348 e. The van der Waals surface area contributed by atoms with Gasteiger partial charge in [-0.15, -0.1) is 11.3 Å². The van der Waals surface area contributed by atoms with Crippen LogP contribution in [0.1, 0.15) is 32.8 Å². The monoisotopic (exact) mass is 400 g/mol. The molecule has 0 saturated carbocycles.